The lowest BCUT2D eigenvalue weighted by molar-refractivity contribution is 1.24. The maximum atomic E-state index is 3.98. The van der Waals surface area contributed by atoms with Crippen LogP contribution in [0, 0.1) is 6.92 Å². The molecule has 0 fully saturated rings. The summed E-state index contributed by atoms with van der Waals surface area (Å²) in [6, 6.07) is 0. The summed E-state index contributed by atoms with van der Waals surface area (Å²) in [7, 11) is 0. The van der Waals surface area contributed by atoms with Crippen molar-refractivity contribution in [2.24, 2.45) is 4.99 Å². The van der Waals surface area contributed by atoms with Gasteiger partial charge in [-0.1, -0.05) is 12.7 Å². The molecule has 0 amide bonds. The van der Waals surface area contributed by atoms with Crippen LogP contribution in [-0.2, 0) is 0 Å². The number of hydrogen-bond acceptors (Lipinski definition) is 2. The van der Waals surface area contributed by atoms with Crippen LogP contribution in [0.5, 0.6) is 0 Å². The second-order valence-electron chi connectivity index (χ2n) is 2.25. The van der Waals surface area contributed by atoms with Crippen LogP contribution < -0.4 is 0 Å². The molecule has 0 aliphatic heterocycles. The minimum Gasteiger partial charge on any atom is -0.262 e. The zero-order valence-electron chi connectivity index (χ0n) is 6.54. The first kappa shape index (κ1) is 7.66. The van der Waals surface area contributed by atoms with Crippen molar-refractivity contribution in [1.82, 2.24) is 4.98 Å². The van der Waals surface area contributed by atoms with Crippen LogP contribution >= 0.6 is 0 Å². The van der Waals surface area contributed by atoms with Gasteiger partial charge in [0, 0.05) is 11.8 Å². The highest BCUT2D eigenvalue weighted by atomic mass is 14.7. The van der Waals surface area contributed by atoms with E-state index in [1.165, 1.54) is 0 Å². The highest BCUT2D eigenvalue weighted by Gasteiger charge is 1.98. The molecule has 1 heterocycles. The van der Waals surface area contributed by atoms with Gasteiger partial charge in [-0.2, -0.15) is 0 Å². The number of aliphatic imine (C=N–C) groups is 1. The van der Waals surface area contributed by atoms with Gasteiger partial charge in [0.25, 0.3) is 0 Å². The van der Waals surface area contributed by atoms with E-state index < -0.39 is 0 Å². The zero-order chi connectivity index (χ0) is 8.27. The van der Waals surface area contributed by atoms with Crippen LogP contribution in [0.3, 0.4) is 0 Å². The van der Waals surface area contributed by atoms with Crippen molar-refractivity contribution in [3.05, 3.63) is 30.1 Å². The molecule has 2 heteroatoms. The summed E-state index contributed by atoms with van der Waals surface area (Å²) < 4.78 is 0. The fourth-order valence-corrected chi connectivity index (χ4v) is 0.952. The second kappa shape index (κ2) is 3.10. The maximum absolute atomic E-state index is 3.98. The van der Waals surface area contributed by atoms with Gasteiger partial charge in [0.1, 0.15) is 0 Å². The fourth-order valence-electron chi connectivity index (χ4n) is 0.952. The third-order valence-electron chi connectivity index (χ3n) is 1.54. The Kier molecular flexibility index (Phi) is 2.16. The molecule has 0 spiro atoms. The molecule has 1 rings (SSSR count). The van der Waals surface area contributed by atoms with Crippen LogP contribution in [-0.4, -0.2) is 11.7 Å². The molecule has 1 aromatic rings. The first-order valence-electron chi connectivity index (χ1n) is 3.33. The van der Waals surface area contributed by atoms with Crippen molar-refractivity contribution < 1.29 is 0 Å². The molecule has 0 aromatic carbocycles. The Balaban J connectivity index is 3.35. The molecule has 0 unspecified atom stereocenters. The summed E-state index contributed by atoms with van der Waals surface area (Å²) in [5.41, 5.74) is 2.87. The zero-order valence-corrected chi connectivity index (χ0v) is 6.54. The third kappa shape index (κ3) is 1.34. The number of aryl methyl sites for hydroxylation is 1. The predicted octanol–water partition coefficient (Wildman–Crippen LogP) is 2.37. The number of rotatable bonds is 2. The third-order valence-corrected chi connectivity index (χ3v) is 1.54. The van der Waals surface area contributed by atoms with E-state index in [9.17, 15) is 0 Å². The van der Waals surface area contributed by atoms with Crippen LogP contribution in [0.4, 0.5) is 5.69 Å². The second-order valence-corrected chi connectivity index (χ2v) is 2.25. The van der Waals surface area contributed by atoms with E-state index in [4.69, 9.17) is 0 Å². The van der Waals surface area contributed by atoms with E-state index in [2.05, 4.69) is 23.3 Å². The number of pyridine rings is 1. The summed E-state index contributed by atoms with van der Waals surface area (Å²) in [5, 5.41) is 0. The first-order chi connectivity index (χ1) is 5.29. The Labute approximate surface area is 66.3 Å². The van der Waals surface area contributed by atoms with Crippen molar-refractivity contribution in [2.75, 3.05) is 0 Å². The smallest absolute Gasteiger partial charge is 0.0880 e. The fraction of sp³-hybridized carbons (Fsp3) is 0.111. The summed E-state index contributed by atoms with van der Waals surface area (Å²) >= 11 is 0. The van der Waals surface area contributed by atoms with E-state index in [0.29, 0.717) is 0 Å². The van der Waals surface area contributed by atoms with Crippen molar-refractivity contribution in [2.45, 2.75) is 6.92 Å². The van der Waals surface area contributed by atoms with Crippen molar-refractivity contribution >= 4 is 18.5 Å². The molecule has 0 saturated heterocycles. The molecule has 0 N–H and O–H groups in total. The lowest BCUT2D eigenvalue weighted by Gasteiger charge is -2.01. The number of hydrogen-bond donors (Lipinski definition) is 0. The Morgan fingerprint density at radius 2 is 2.27 bits per heavy atom. The first-order valence-corrected chi connectivity index (χ1v) is 3.33. The van der Waals surface area contributed by atoms with E-state index in [-0.39, 0.29) is 0 Å². The molecule has 0 atom stereocenters. The van der Waals surface area contributed by atoms with Gasteiger partial charge in [-0.05, 0) is 19.2 Å². The SMILES string of the molecule is C=Cc1c(C)cncc1N=C. The van der Waals surface area contributed by atoms with Gasteiger partial charge in [0.05, 0.1) is 11.9 Å². The van der Waals surface area contributed by atoms with Crippen molar-refractivity contribution in [3.8, 4) is 0 Å². The van der Waals surface area contributed by atoms with Crippen LogP contribution in [0.1, 0.15) is 11.1 Å². The lowest BCUT2D eigenvalue weighted by atomic mass is 10.1. The van der Waals surface area contributed by atoms with E-state index >= 15 is 0 Å². The highest BCUT2D eigenvalue weighted by molar-refractivity contribution is 5.66. The molecular weight excluding hydrogens is 136 g/mol. The minimum absolute atomic E-state index is 0.792. The molecule has 1 aromatic heterocycles. The van der Waals surface area contributed by atoms with Crippen LogP contribution in [0.25, 0.3) is 6.08 Å². The molecule has 0 aliphatic rings. The van der Waals surface area contributed by atoms with Crippen LogP contribution in [0.2, 0.25) is 0 Å². The Morgan fingerprint density at radius 1 is 1.55 bits per heavy atom. The van der Waals surface area contributed by atoms with E-state index in [1.807, 2.05) is 6.92 Å². The molecular formula is C9H10N2. The van der Waals surface area contributed by atoms with E-state index in [1.54, 1.807) is 18.5 Å². The van der Waals surface area contributed by atoms with Gasteiger partial charge >= 0.3 is 0 Å². The highest BCUT2D eigenvalue weighted by Crippen LogP contribution is 2.20. The largest absolute Gasteiger partial charge is 0.262 e. The Bertz CT molecular complexity index is 290. The maximum Gasteiger partial charge on any atom is 0.0880 e. The molecule has 0 bridgehead atoms. The number of nitrogens with zero attached hydrogens (tertiary/aromatic N) is 2. The Morgan fingerprint density at radius 3 is 2.73 bits per heavy atom. The van der Waals surface area contributed by atoms with Crippen molar-refractivity contribution in [1.29, 1.82) is 0 Å². The average molecular weight is 146 g/mol. The molecule has 0 aliphatic carbocycles. The average Bonchev–Trinajstić information content (AvgIpc) is 2.04. The predicted molar refractivity (Wildman–Crippen MR) is 48.3 cm³/mol. The van der Waals surface area contributed by atoms with Gasteiger partial charge in [-0.25, -0.2) is 0 Å². The quantitative estimate of drug-likeness (QED) is 0.588. The summed E-state index contributed by atoms with van der Waals surface area (Å²) in [6.45, 7) is 9.10. The van der Waals surface area contributed by atoms with Gasteiger partial charge < -0.3 is 0 Å². The van der Waals surface area contributed by atoms with Gasteiger partial charge in [0.2, 0.25) is 0 Å². The molecule has 2 nitrogen and oxygen atoms in total. The van der Waals surface area contributed by atoms with Gasteiger partial charge in [0.15, 0.2) is 0 Å². The van der Waals surface area contributed by atoms with Crippen molar-refractivity contribution in [3.63, 3.8) is 0 Å². The standard InChI is InChI=1S/C9H10N2/c1-4-8-7(2)5-11-6-9(8)10-3/h4-6H,1,3H2,2H3. The molecule has 11 heavy (non-hydrogen) atoms. The summed E-state index contributed by atoms with van der Waals surface area (Å²) in [6.07, 6.45) is 5.23. The van der Waals surface area contributed by atoms with Gasteiger partial charge in [-0.3, -0.25) is 9.98 Å². The monoisotopic (exact) mass is 146 g/mol. The van der Waals surface area contributed by atoms with Gasteiger partial charge in [-0.15, -0.1) is 0 Å². The summed E-state index contributed by atoms with van der Waals surface area (Å²) in [5.74, 6) is 0. The van der Waals surface area contributed by atoms with Crippen LogP contribution in [0.15, 0.2) is 24.0 Å². The molecule has 0 saturated carbocycles. The minimum atomic E-state index is 0.792. The summed E-state index contributed by atoms with van der Waals surface area (Å²) in [4.78, 5) is 7.80. The molecule has 0 radical (unpaired) electrons. The number of aromatic nitrogens is 1. The Hall–Kier alpha value is -1.44. The normalized spacial score (nSPS) is 9.18. The topological polar surface area (TPSA) is 25.2 Å². The molecule has 56 valence electrons. The lowest BCUT2D eigenvalue weighted by Crippen LogP contribution is -1.82. The van der Waals surface area contributed by atoms with E-state index in [0.717, 1.165) is 16.8 Å².